The lowest BCUT2D eigenvalue weighted by Crippen LogP contribution is -1.90. The lowest BCUT2D eigenvalue weighted by Gasteiger charge is -2.03. The van der Waals surface area contributed by atoms with Crippen molar-refractivity contribution in [1.29, 1.82) is 0 Å². The van der Waals surface area contributed by atoms with Crippen LogP contribution in [0.1, 0.15) is 23.6 Å². The van der Waals surface area contributed by atoms with Gasteiger partial charge in [0.25, 0.3) is 0 Å². The van der Waals surface area contributed by atoms with Crippen LogP contribution < -0.4 is 4.74 Å². The topological polar surface area (TPSA) is 35.0 Å². The number of methoxy groups -OCH3 is 1. The molecule has 0 aromatic carbocycles. The van der Waals surface area contributed by atoms with E-state index in [1.807, 2.05) is 17.5 Å². The van der Waals surface area contributed by atoms with Crippen molar-refractivity contribution in [1.82, 2.24) is 9.97 Å². The van der Waals surface area contributed by atoms with Gasteiger partial charge >= 0.3 is 0 Å². The Kier molecular flexibility index (Phi) is 2.36. The number of rotatable bonds is 3. The maximum Gasteiger partial charge on any atom is 0.224 e. The molecule has 4 heteroatoms. The van der Waals surface area contributed by atoms with Crippen LogP contribution in [0.15, 0.2) is 24.7 Å². The summed E-state index contributed by atoms with van der Waals surface area (Å²) >= 11 is 1.83. The molecule has 1 aliphatic rings. The van der Waals surface area contributed by atoms with Gasteiger partial charge in [0.15, 0.2) is 0 Å². The third kappa shape index (κ3) is 1.69. The Bertz CT molecular complexity index is 505. The highest BCUT2D eigenvalue weighted by Crippen LogP contribution is 2.45. The highest BCUT2D eigenvalue weighted by Gasteiger charge is 2.25. The molecule has 3 nitrogen and oxygen atoms in total. The molecule has 0 aliphatic heterocycles. The minimum atomic E-state index is 0.652. The summed E-state index contributed by atoms with van der Waals surface area (Å²) in [6.45, 7) is 0. The maximum atomic E-state index is 5.24. The molecule has 0 N–H and O–H groups in total. The monoisotopic (exact) mass is 232 g/mol. The van der Waals surface area contributed by atoms with Gasteiger partial charge in [-0.25, -0.2) is 9.97 Å². The second-order valence-corrected chi connectivity index (χ2v) is 5.04. The molecular weight excluding hydrogens is 220 g/mol. The SMILES string of the molecule is COc1ncncc1-c1ccc(C2CC2)s1. The predicted molar refractivity (Wildman–Crippen MR) is 63.9 cm³/mol. The molecule has 0 bridgehead atoms. The van der Waals surface area contributed by atoms with Crippen LogP contribution in [-0.2, 0) is 0 Å². The van der Waals surface area contributed by atoms with E-state index in [1.54, 1.807) is 7.11 Å². The van der Waals surface area contributed by atoms with Gasteiger partial charge in [-0.2, -0.15) is 0 Å². The van der Waals surface area contributed by atoms with Gasteiger partial charge in [-0.05, 0) is 30.9 Å². The largest absolute Gasteiger partial charge is 0.480 e. The van der Waals surface area contributed by atoms with Crippen molar-refractivity contribution in [3.8, 4) is 16.3 Å². The number of hydrogen-bond acceptors (Lipinski definition) is 4. The quantitative estimate of drug-likeness (QED) is 0.815. The molecule has 0 unspecified atom stereocenters. The van der Waals surface area contributed by atoms with Crippen molar-refractivity contribution >= 4 is 11.3 Å². The van der Waals surface area contributed by atoms with E-state index in [4.69, 9.17) is 4.74 Å². The summed E-state index contributed by atoms with van der Waals surface area (Å²) in [7, 11) is 1.64. The second kappa shape index (κ2) is 3.87. The summed E-state index contributed by atoms with van der Waals surface area (Å²) in [4.78, 5) is 10.8. The normalized spacial score (nSPS) is 15.1. The Morgan fingerprint density at radius 3 is 3.00 bits per heavy atom. The lowest BCUT2D eigenvalue weighted by atomic mass is 10.2. The molecule has 0 radical (unpaired) electrons. The predicted octanol–water partition coefficient (Wildman–Crippen LogP) is 3.09. The molecule has 1 saturated carbocycles. The van der Waals surface area contributed by atoms with Gasteiger partial charge in [0.1, 0.15) is 6.33 Å². The number of hydrogen-bond donors (Lipinski definition) is 0. The van der Waals surface area contributed by atoms with Gasteiger partial charge < -0.3 is 4.74 Å². The van der Waals surface area contributed by atoms with E-state index in [-0.39, 0.29) is 0 Å². The molecule has 2 heterocycles. The van der Waals surface area contributed by atoms with Crippen molar-refractivity contribution in [2.75, 3.05) is 7.11 Å². The van der Waals surface area contributed by atoms with Crippen molar-refractivity contribution in [2.45, 2.75) is 18.8 Å². The third-order valence-corrected chi connectivity index (χ3v) is 4.02. The average molecular weight is 232 g/mol. The van der Waals surface area contributed by atoms with Crippen LogP contribution in [0.5, 0.6) is 5.88 Å². The van der Waals surface area contributed by atoms with Crippen LogP contribution in [0, 0.1) is 0 Å². The number of nitrogens with zero attached hydrogens (tertiary/aromatic N) is 2. The highest BCUT2D eigenvalue weighted by molar-refractivity contribution is 7.15. The van der Waals surface area contributed by atoms with E-state index in [1.165, 1.54) is 28.9 Å². The molecule has 3 rings (SSSR count). The van der Waals surface area contributed by atoms with Crippen molar-refractivity contribution in [3.05, 3.63) is 29.5 Å². The molecule has 1 fully saturated rings. The van der Waals surface area contributed by atoms with Gasteiger partial charge in [-0.3, -0.25) is 0 Å². The number of aromatic nitrogens is 2. The first kappa shape index (κ1) is 9.78. The summed E-state index contributed by atoms with van der Waals surface area (Å²) < 4.78 is 5.24. The summed E-state index contributed by atoms with van der Waals surface area (Å²) in [5.41, 5.74) is 0.988. The summed E-state index contributed by atoms with van der Waals surface area (Å²) in [6.07, 6.45) is 6.00. The van der Waals surface area contributed by atoms with Crippen molar-refractivity contribution in [2.24, 2.45) is 0 Å². The van der Waals surface area contributed by atoms with Crippen molar-refractivity contribution < 1.29 is 4.74 Å². The molecule has 2 aromatic rings. The minimum Gasteiger partial charge on any atom is -0.480 e. The van der Waals surface area contributed by atoms with Crippen LogP contribution in [0.3, 0.4) is 0 Å². The Labute approximate surface area is 98.1 Å². The molecule has 0 atom stereocenters. The third-order valence-electron chi connectivity index (χ3n) is 2.74. The van der Waals surface area contributed by atoms with Crippen LogP contribution in [0.25, 0.3) is 10.4 Å². The average Bonchev–Trinajstić information content (AvgIpc) is 3.07. The summed E-state index contributed by atoms with van der Waals surface area (Å²) in [5.74, 6) is 1.45. The fourth-order valence-electron chi connectivity index (χ4n) is 1.73. The zero-order valence-corrected chi connectivity index (χ0v) is 9.83. The van der Waals surface area contributed by atoms with E-state index in [0.29, 0.717) is 5.88 Å². The first-order chi connectivity index (χ1) is 7.88. The Balaban J connectivity index is 2.00. The molecule has 82 valence electrons. The van der Waals surface area contributed by atoms with Crippen LogP contribution >= 0.6 is 11.3 Å². The molecule has 16 heavy (non-hydrogen) atoms. The Morgan fingerprint density at radius 1 is 1.38 bits per heavy atom. The number of thiophene rings is 1. The van der Waals surface area contributed by atoms with Gasteiger partial charge in [-0.15, -0.1) is 11.3 Å². The zero-order valence-electron chi connectivity index (χ0n) is 9.01. The molecule has 2 aromatic heterocycles. The van der Waals surface area contributed by atoms with Crippen molar-refractivity contribution in [3.63, 3.8) is 0 Å². The molecule has 0 amide bonds. The maximum absolute atomic E-state index is 5.24. The second-order valence-electron chi connectivity index (χ2n) is 3.92. The summed E-state index contributed by atoms with van der Waals surface area (Å²) in [6, 6.07) is 4.35. The molecule has 1 aliphatic carbocycles. The zero-order chi connectivity index (χ0) is 11.0. The van der Waals surface area contributed by atoms with Crippen LogP contribution in [0.2, 0.25) is 0 Å². The summed E-state index contributed by atoms with van der Waals surface area (Å²) in [5, 5.41) is 0. The lowest BCUT2D eigenvalue weighted by molar-refractivity contribution is 0.399. The van der Waals surface area contributed by atoms with E-state index in [9.17, 15) is 0 Å². The molecule has 0 saturated heterocycles. The fraction of sp³-hybridized carbons (Fsp3) is 0.333. The Hall–Kier alpha value is -1.42. The fourth-order valence-corrected chi connectivity index (χ4v) is 2.91. The van der Waals surface area contributed by atoms with E-state index < -0.39 is 0 Å². The van der Waals surface area contributed by atoms with Gasteiger partial charge in [0.2, 0.25) is 5.88 Å². The first-order valence-electron chi connectivity index (χ1n) is 5.32. The van der Waals surface area contributed by atoms with Crippen LogP contribution in [0.4, 0.5) is 0 Å². The van der Waals surface area contributed by atoms with E-state index in [0.717, 1.165) is 11.5 Å². The van der Waals surface area contributed by atoms with Gasteiger partial charge in [0.05, 0.1) is 12.7 Å². The van der Waals surface area contributed by atoms with Gasteiger partial charge in [-0.1, -0.05) is 0 Å². The Morgan fingerprint density at radius 2 is 2.25 bits per heavy atom. The first-order valence-corrected chi connectivity index (χ1v) is 6.14. The van der Waals surface area contributed by atoms with E-state index in [2.05, 4.69) is 22.1 Å². The molecule has 0 spiro atoms. The highest BCUT2D eigenvalue weighted by atomic mass is 32.1. The molecular formula is C12H12N2OS. The minimum absolute atomic E-state index is 0.652. The van der Waals surface area contributed by atoms with Crippen LogP contribution in [-0.4, -0.2) is 17.1 Å². The van der Waals surface area contributed by atoms with E-state index >= 15 is 0 Å². The standard InChI is InChI=1S/C12H12N2OS/c1-15-12-9(6-13-7-14-12)11-5-4-10(16-11)8-2-3-8/h4-8H,2-3H2,1H3. The smallest absolute Gasteiger partial charge is 0.224 e. The van der Waals surface area contributed by atoms with Gasteiger partial charge in [0, 0.05) is 16.0 Å². The number of ether oxygens (including phenoxy) is 1.